The molecule has 3 aliphatic rings. The number of nitrogens with two attached hydrogens (primary N) is 1. The lowest BCUT2D eigenvalue weighted by atomic mass is 10.0. The maximum absolute atomic E-state index is 12.6. The number of aromatic hydroxyl groups is 1. The molecule has 45 heavy (non-hydrogen) atoms. The van der Waals surface area contributed by atoms with Crippen molar-refractivity contribution in [1.29, 1.82) is 0 Å². The Morgan fingerprint density at radius 3 is 2.60 bits per heavy atom. The number of benzene rings is 2. The highest BCUT2D eigenvalue weighted by atomic mass is 16.3. The highest BCUT2D eigenvalue weighted by Gasteiger charge is 2.43. The summed E-state index contributed by atoms with van der Waals surface area (Å²) >= 11 is 0. The van der Waals surface area contributed by atoms with Crippen LogP contribution < -0.4 is 20.9 Å². The van der Waals surface area contributed by atoms with E-state index in [9.17, 15) is 19.8 Å². The third-order valence-electron chi connectivity index (χ3n) is 9.11. The third-order valence-corrected chi connectivity index (χ3v) is 9.11. The summed E-state index contributed by atoms with van der Waals surface area (Å²) in [4.78, 5) is 30.3. The minimum absolute atomic E-state index is 0.125. The van der Waals surface area contributed by atoms with E-state index in [0.717, 1.165) is 48.4 Å². The highest BCUT2D eigenvalue weighted by Crippen LogP contribution is 2.43. The maximum Gasteiger partial charge on any atom is 0.249 e. The average molecular weight is 610 g/mol. The summed E-state index contributed by atoms with van der Waals surface area (Å²) in [5, 5.41) is 36.8. The number of nitrogens with one attached hydrogen (secondary N) is 1. The van der Waals surface area contributed by atoms with Gasteiger partial charge >= 0.3 is 0 Å². The maximum atomic E-state index is 12.6. The van der Waals surface area contributed by atoms with E-state index in [2.05, 4.69) is 31.6 Å². The zero-order valence-corrected chi connectivity index (χ0v) is 24.9. The number of hydrogen-bond acceptors (Lipinski definition) is 11. The first-order valence-corrected chi connectivity index (χ1v) is 15.1. The minimum atomic E-state index is -0.996. The number of amides is 2. The molecule has 3 aliphatic heterocycles. The van der Waals surface area contributed by atoms with E-state index in [1.165, 1.54) is 0 Å². The molecule has 0 spiro atoms. The van der Waals surface area contributed by atoms with Crippen LogP contribution in [-0.2, 0) is 16.1 Å². The Morgan fingerprint density at radius 2 is 1.82 bits per heavy atom. The predicted molar refractivity (Wildman–Crippen MR) is 168 cm³/mol. The molecule has 4 aromatic rings. The van der Waals surface area contributed by atoms with E-state index in [4.69, 9.17) is 5.73 Å². The monoisotopic (exact) mass is 609 g/mol. The smallest absolute Gasteiger partial charge is 0.249 e. The summed E-state index contributed by atoms with van der Waals surface area (Å²) in [5.41, 5.74) is 11.6. The number of carbonyl (C=O) groups is 2. The van der Waals surface area contributed by atoms with Gasteiger partial charge in [0.05, 0.1) is 29.3 Å². The van der Waals surface area contributed by atoms with Crippen LogP contribution in [0.2, 0.25) is 0 Å². The summed E-state index contributed by atoms with van der Waals surface area (Å²) in [5.74, 6) is -0.233. The van der Waals surface area contributed by atoms with E-state index in [-0.39, 0.29) is 30.0 Å². The largest absolute Gasteiger partial charge is 0.507 e. The summed E-state index contributed by atoms with van der Waals surface area (Å²) in [7, 11) is 1.83. The van der Waals surface area contributed by atoms with Gasteiger partial charge in [-0.25, -0.2) is 0 Å². The number of para-hydroxylation sites is 2. The van der Waals surface area contributed by atoms with Crippen LogP contribution in [-0.4, -0.2) is 79.4 Å². The van der Waals surface area contributed by atoms with Crippen LogP contribution in [0.3, 0.4) is 0 Å². The number of aliphatic hydroxyl groups excluding tert-OH is 1. The normalized spacial score (nSPS) is 20.8. The molecule has 0 bridgehead atoms. The molecule has 0 radical (unpaired) electrons. The number of carbonyl (C=O) groups excluding carboxylic acids is 2. The molecule has 2 fully saturated rings. The van der Waals surface area contributed by atoms with Gasteiger partial charge in [0.2, 0.25) is 18.2 Å². The molecule has 2 amide bonds. The number of hydrogen-bond donors (Lipinski definition) is 4. The first-order valence-electron chi connectivity index (χ1n) is 15.1. The highest BCUT2D eigenvalue weighted by molar-refractivity contribution is 6.02. The van der Waals surface area contributed by atoms with Gasteiger partial charge in [0, 0.05) is 56.0 Å². The van der Waals surface area contributed by atoms with Crippen molar-refractivity contribution in [2.75, 3.05) is 35.7 Å². The molecular weight excluding hydrogens is 574 g/mol. The van der Waals surface area contributed by atoms with E-state index in [1.54, 1.807) is 34.2 Å². The lowest BCUT2D eigenvalue weighted by Gasteiger charge is -2.34. The summed E-state index contributed by atoms with van der Waals surface area (Å²) in [6.07, 6.45) is 5.21. The number of nitrogens with zero attached hydrogens (tertiary/aromatic N) is 7. The molecule has 2 saturated heterocycles. The number of imide groups is 1. The van der Waals surface area contributed by atoms with Crippen molar-refractivity contribution in [2.24, 2.45) is 0 Å². The van der Waals surface area contributed by atoms with Crippen molar-refractivity contribution < 1.29 is 19.8 Å². The number of aliphatic hydroxyl groups is 1. The minimum Gasteiger partial charge on any atom is -0.507 e. The molecular formula is C32H35N9O4. The number of phenolic OH excluding ortho intramolecular Hbond substituents is 1. The van der Waals surface area contributed by atoms with Crippen molar-refractivity contribution in [1.82, 2.24) is 30.2 Å². The Hall–Kier alpha value is -5.01. The SMILES string of the molecule is CN1c2c(CN3CCC(n4cc(-c5cc(-c6ccccc6O)nnc5N)cn4)CC3)cccc2N(C2CCC(=O)NC2=O)C1O. The molecule has 5 heterocycles. The Balaban J connectivity index is 1.04. The van der Waals surface area contributed by atoms with Gasteiger partial charge in [0.15, 0.2) is 5.82 Å². The van der Waals surface area contributed by atoms with Crippen molar-refractivity contribution in [3.63, 3.8) is 0 Å². The molecule has 2 atom stereocenters. The van der Waals surface area contributed by atoms with E-state index >= 15 is 0 Å². The van der Waals surface area contributed by atoms with Gasteiger partial charge in [-0.15, -0.1) is 10.2 Å². The number of anilines is 3. The van der Waals surface area contributed by atoms with Crippen LogP contribution in [0.25, 0.3) is 22.4 Å². The fourth-order valence-corrected chi connectivity index (χ4v) is 6.74. The number of nitrogen functional groups attached to an aromatic ring is 1. The van der Waals surface area contributed by atoms with E-state index in [1.807, 2.05) is 42.2 Å². The first kappa shape index (κ1) is 28.7. The zero-order valence-electron chi connectivity index (χ0n) is 24.9. The molecule has 0 aliphatic carbocycles. The topological polar surface area (TPSA) is 166 Å². The molecule has 0 saturated carbocycles. The number of rotatable bonds is 6. The fourth-order valence-electron chi connectivity index (χ4n) is 6.74. The van der Waals surface area contributed by atoms with E-state index in [0.29, 0.717) is 35.6 Å². The number of piperidine rings is 2. The van der Waals surface area contributed by atoms with Crippen LogP contribution in [0.4, 0.5) is 17.2 Å². The van der Waals surface area contributed by atoms with Gasteiger partial charge in [-0.05, 0) is 49.1 Å². The van der Waals surface area contributed by atoms with Gasteiger partial charge in [-0.3, -0.25) is 24.5 Å². The van der Waals surface area contributed by atoms with Crippen LogP contribution in [0, 0.1) is 0 Å². The van der Waals surface area contributed by atoms with Crippen molar-refractivity contribution in [3.05, 3.63) is 66.5 Å². The standard InChI is InChI=1S/C32H35N9O4/c1-38-29-19(5-4-7-25(29)41(32(38)45)26-9-10-28(43)35-31(26)44)17-39-13-11-21(12-14-39)40-18-20(16-34-40)23-15-24(36-37-30(23)33)22-6-2-3-8-27(22)42/h2-8,15-16,18,21,26,32,42,45H,9-14,17H2,1H3,(H2,33,37)(H,35,43,44). The number of likely N-dealkylation sites (tertiary alicyclic amines) is 1. The van der Waals surface area contributed by atoms with Gasteiger partial charge < -0.3 is 25.7 Å². The second kappa shape index (κ2) is 11.5. The quantitative estimate of drug-likeness (QED) is 0.237. The number of aromatic nitrogens is 4. The van der Waals surface area contributed by atoms with Gasteiger partial charge in [0.1, 0.15) is 11.8 Å². The molecule has 232 valence electrons. The lowest BCUT2D eigenvalue weighted by molar-refractivity contribution is -0.134. The predicted octanol–water partition coefficient (Wildman–Crippen LogP) is 2.47. The Morgan fingerprint density at radius 1 is 1.02 bits per heavy atom. The molecule has 2 aromatic carbocycles. The Kier molecular flexibility index (Phi) is 7.34. The fraction of sp³-hybridized carbons (Fsp3) is 0.344. The molecule has 5 N–H and O–H groups in total. The van der Waals surface area contributed by atoms with Gasteiger partial charge in [-0.1, -0.05) is 24.3 Å². The van der Waals surface area contributed by atoms with Crippen molar-refractivity contribution in [3.8, 4) is 28.1 Å². The zero-order chi connectivity index (χ0) is 31.2. The van der Waals surface area contributed by atoms with Crippen molar-refractivity contribution >= 4 is 29.0 Å². The van der Waals surface area contributed by atoms with Crippen LogP contribution >= 0.6 is 0 Å². The van der Waals surface area contributed by atoms with Gasteiger partial charge in [-0.2, -0.15) is 5.10 Å². The molecule has 13 nitrogen and oxygen atoms in total. The lowest BCUT2D eigenvalue weighted by Crippen LogP contribution is -2.56. The van der Waals surface area contributed by atoms with Gasteiger partial charge in [0.25, 0.3) is 0 Å². The molecule has 13 heteroatoms. The van der Waals surface area contributed by atoms with Crippen LogP contribution in [0.1, 0.15) is 37.3 Å². The molecule has 2 unspecified atom stereocenters. The third kappa shape index (κ3) is 5.23. The summed E-state index contributed by atoms with van der Waals surface area (Å²) in [6, 6.07) is 14.4. The second-order valence-corrected chi connectivity index (χ2v) is 11.9. The summed E-state index contributed by atoms with van der Waals surface area (Å²) < 4.78 is 1.99. The number of fused-ring (bicyclic) bond motifs is 1. The Labute approximate surface area is 259 Å². The number of phenols is 1. The second-order valence-electron chi connectivity index (χ2n) is 11.9. The molecule has 7 rings (SSSR count). The van der Waals surface area contributed by atoms with Crippen molar-refractivity contribution in [2.45, 2.75) is 50.7 Å². The Bertz CT molecular complexity index is 1770. The van der Waals surface area contributed by atoms with E-state index < -0.39 is 12.4 Å². The van der Waals surface area contributed by atoms with Crippen LogP contribution in [0.5, 0.6) is 5.75 Å². The summed E-state index contributed by atoms with van der Waals surface area (Å²) in [6.45, 7) is 2.43. The average Bonchev–Trinajstić information content (AvgIpc) is 3.62. The molecule has 2 aromatic heterocycles. The first-order chi connectivity index (χ1) is 21.8. The van der Waals surface area contributed by atoms with Crippen LogP contribution in [0.15, 0.2) is 60.9 Å².